The van der Waals surface area contributed by atoms with Gasteiger partial charge in [-0.3, -0.25) is 0 Å². The van der Waals surface area contributed by atoms with E-state index in [2.05, 4.69) is 11.1 Å². The topological polar surface area (TPSA) is 71.9 Å². The molecule has 0 aliphatic rings. The van der Waals surface area contributed by atoms with Crippen LogP contribution < -0.4 is 10.5 Å². The zero-order chi connectivity index (χ0) is 18.5. The number of ether oxygens (including phenoxy) is 1. The van der Waals surface area contributed by atoms with Crippen LogP contribution in [0.2, 0.25) is 10.0 Å². The molecule has 0 unspecified atom stereocenters. The minimum atomic E-state index is 0.241. The number of halogens is 2. The molecular formula is C20H15Cl2N3O. The van der Waals surface area contributed by atoms with Crippen LogP contribution in [0.3, 0.4) is 0 Å². The van der Waals surface area contributed by atoms with Gasteiger partial charge in [0.15, 0.2) is 0 Å². The largest absolute Gasteiger partial charge is 0.475 e. The van der Waals surface area contributed by atoms with Crippen LogP contribution in [0.15, 0.2) is 54.6 Å². The Labute approximate surface area is 161 Å². The van der Waals surface area contributed by atoms with Gasteiger partial charge < -0.3 is 10.5 Å². The fraction of sp³-hybridized carbons (Fsp3) is 0.100. The van der Waals surface area contributed by atoms with Gasteiger partial charge in [-0.2, -0.15) is 5.26 Å². The second-order valence-corrected chi connectivity index (χ2v) is 6.32. The van der Waals surface area contributed by atoms with E-state index in [1.165, 1.54) is 0 Å². The first-order valence-electron chi connectivity index (χ1n) is 7.93. The van der Waals surface area contributed by atoms with Crippen LogP contribution in [0.25, 0.3) is 22.4 Å². The second-order valence-electron chi connectivity index (χ2n) is 5.47. The van der Waals surface area contributed by atoms with E-state index in [0.29, 0.717) is 27.8 Å². The SMILES string of the molecule is N#Cc1cc(-c2ccc(Cl)cc2)c(-c2ccccc2Cl)nc1OCCN. The Bertz CT molecular complexity index is 966. The van der Waals surface area contributed by atoms with Crippen LogP contribution in [-0.2, 0) is 0 Å². The van der Waals surface area contributed by atoms with E-state index >= 15 is 0 Å². The number of nitrogens with two attached hydrogens (primary N) is 1. The van der Waals surface area contributed by atoms with E-state index in [-0.39, 0.29) is 12.5 Å². The predicted octanol–water partition coefficient (Wildman–Crippen LogP) is 4.93. The molecule has 0 fully saturated rings. The number of pyridine rings is 1. The van der Waals surface area contributed by atoms with Crippen molar-refractivity contribution in [1.29, 1.82) is 5.26 Å². The maximum atomic E-state index is 9.50. The van der Waals surface area contributed by atoms with Gasteiger partial charge in [0, 0.05) is 27.7 Å². The molecule has 0 amide bonds. The number of hydrogen-bond acceptors (Lipinski definition) is 4. The first kappa shape index (κ1) is 18.2. The number of nitriles is 1. The van der Waals surface area contributed by atoms with Crippen molar-refractivity contribution in [2.45, 2.75) is 0 Å². The molecule has 6 heteroatoms. The zero-order valence-electron chi connectivity index (χ0n) is 13.7. The van der Waals surface area contributed by atoms with Gasteiger partial charge >= 0.3 is 0 Å². The van der Waals surface area contributed by atoms with E-state index in [1.807, 2.05) is 30.3 Å². The average Bonchev–Trinajstić information content (AvgIpc) is 2.67. The first-order chi connectivity index (χ1) is 12.6. The summed E-state index contributed by atoms with van der Waals surface area (Å²) < 4.78 is 5.57. The Morgan fingerprint density at radius 1 is 1.04 bits per heavy atom. The highest BCUT2D eigenvalue weighted by molar-refractivity contribution is 6.33. The van der Waals surface area contributed by atoms with E-state index in [1.54, 1.807) is 24.3 Å². The smallest absolute Gasteiger partial charge is 0.232 e. The molecule has 0 aliphatic carbocycles. The minimum Gasteiger partial charge on any atom is -0.475 e. The Morgan fingerprint density at radius 2 is 1.77 bits per heavy atom. The normalized spacial score (nSPS) is 10.4. The predicted molar refractivity (Wildman–Crippen MR) is 104 cm³/mol. The molecule has 3 aromatic rings. The van der Waals surface area contributed by atoms with E-state index in [9.17, 15) is 5.26 Å². The quantitative estimate of drug-likeness (QED) is 0.677. The van der Waals surface area contributed by atoms with Gasteiger partial charge in [0.1, 0.15) is 18.2 Å². The number of benzene rings is 2. The van der Waals surface area contributed by atoms with Gasteiger partial charge in [0.2, 0.25) is 5.88 Å². The summed E-state index contributed by atoms with van der Waals surface area (Å²) in [6.07, 6.45) is 0. The molecule has 2 N–H and O–H groups in total. The highest BCUT2D eigenvalue weighted by Gasteiger charge is 2.17. The Hall–Kier alpha value is -2.58. The summed E-state index contributed by atoms with van der Waals surface area (Å²) in [7, 11) is 0. The summed E-state index contributed by atoms with van der Waals surface area (Å²) in [5.41, 5.74) is 8.86. The highest BCUT2D eigenvalue weighted by Crippen LogP contribution is 2.37. The van der Waals surface area contributed by atoms with Crippen molar-refractivity contribution < 1.29 is 4.74 Å². The van der Waals surface area contributed by atoms with Gasteiger partial charge in [0.25, 0.3) is 0 Å². The summed E-state index contributed by atoms with van der Waals surface area (Å²) in [6.45, 7) is 0.594. The molecule has 1 aromatic heterocycles. The molecule has 0 bridgehead atoms. The van der Waals surface area contributed by atoms with Gasteiger partial charge in [0.05, 0.1) is 5.69 Å². The molecule has 2 aromatic carbocycles. The Kier molecular flexibility index (Phi) is 5.75. The van der Waals surface area contributed by atoms with Crippen molar-refractivity contribution in [2.24, 2.45) is 5.73 Å². The van der Waals surface area contributed by atoms with E-state index in [4.69, 9.17) is 33.7 Å². The van der Waals surface area contributed by atoms with Crippen LogP contribution in [0.4, 0.5) is 0 Å². The van der Waals surface area contributed by atoms with Gasteiger partial charge in [-0.05, 0) is 29.8 Å². The first-order valence-corrected chi connectivity index (χ1v) is 8.68. The molecule has 0 atom stereocenters. The standard InChI is InChI=1S/C20H15Cl2N3O/c21-15-7-5-13(6-8-15)17-11-14(12-24)20(26-10-9-23)25-19(17)16-3-1-2-4-18(16)22/h1-8,11H,9-10,23H2. The summed E-state index contributed by atoms with van der Waals surface area (Å²) in [5, 5.41) is 10.7. The summed E-state index contributed by atoms with van der Waals surface area (Å²) in [5.74, 6) is 0.241. The number of hydrogen-bond donors (Lipinski definition) is 1. The van der Waals surface area contributed by atoms with Crippen LogP contribution in [0, 0.1) is 11.3 Å². The van der Waals surface area contributed by atoms with Gasteiger partial charge in [-0.15, -0.1) is 0 Å². The molecule has 0 spiro atoms. The lowest BCUT2D eigenvalue weighted by molar-refractivity contribution is 0.315. The molecule has 0 saturated heterocycles. The summed E-state index contributed by atoms with van der Waals surface area (Å²) in [6, 6.07) is 18.6. The van der Waals surface area contributed by atoms with Gasteiger partial charge in [-0.25, -0.2) is 4.98 Å². The van der Waals surface area contributed by atoms with Crippen LogP contribution >= 0.6 is 23.2 Å². The molecule has 3 rings (SSSR count). The summed E-state index contributed by atoms with van der Waals surface area (Å²) in [4.78, 5) is 4.59. The van der Waals surface area contributed by atoms with Crippen LogP contribution in [0.1, 0.15) is 5.56 Å². The Morgan fingerprint density at radius 3 is 2.42 bits per heavy atom. The third kappa shape index (κ3) is 3.81. The van der Waals surface area contributed by atoms with Crippen molar-refractivity contribution in [3.63, 3.8) is 0 Å². The van der Waals surface area contributed by atoms with E-state index < -0.39 is 0 Å². The maximum absolute atomic E-state index is 9.50. The Balaban J connectivity index is 2.25. The number of aromatic nitrogens is 1. The van der Waals surface area contributed by atoms with Crippen LogP contribution in [-0.4, -0.2) is 18.1 Å². The summed E-state index contributed by atoms with van der Waals surface area (Å²) >= 11 is 12.4. The van der Waals surface area contributed by atoms with Crippen molar-refractivity contribution in [1.82, 2.24) is 4.98 Å². The zero-order valence-corrected chi connectivity index (χ0v) is 15.3. The lowest BCUT2D eigenvalue weighted by Crippen LogP contribution is -2.12. The second kappa shape index (κ2) is 8.20. The molecule has 1 heterocycles. The molecule has 4 nitrogen and oxygen atoms in total. The van der Waals surface area contributed by atoms with E-state index in [0.717, 1.165) is 16.7 Å². The fourth-order valence-corrected chi connectivity index (χ4v) is 2.90. The minimum absolute atomic E-state index is 0.241. The average molecular weight is 384 g/mol. The maximum Gasteiger partial charge on any atom is 0.232 e. The number of nitrogens with zero attached hydrogens (tertiary/aromatic N) is 2. The lowest BCUT2D eigenvalue weighted by Gasteiger charge is -2.14. The molecule has 0 aliphatic heterocycles. The fourth-order valence-electron chi connectivity index (χ4n) is 2.55. The molecule has 0 radical (unpaired) electrons. The van der Waals surface area contributed by atoms with Crippen molar-refractivity contribution in [3.8, 4) is 34.3 Å². The monoisotopic (exact) mass is 383 g/mol. The third-order valence-electron chi connectivity index (χ3n) is 3.75. The molecule has 130 valence electrons. The number of rotatable bonds is 5. The molecule has 26 heavy (non-hydrogen) atoms. The highest BCUT2D eigenvalue weighted by atomic mass is 35.5. The van der Waals surface area contributed by atoms with Crippen molar-refractivity contribution in [3.05, 3.63) is 70.2 Å². The van der Waals surface area contributed by atoms with Crippen molar-refractivity contribution >= 4 is 23.2 Å². The van der Waals surface area contributed by atoms with Crippen LogP contribution in [0.5, 0.6) is 5.88 Å². The van der Waals surface area contributed by atoms with Gasteiger partial charge in [-0.1, -0.05) is 53.5 Å². The molecule has 0 saturated carbocycles. The molecular weight excluding hydrogens is 369 g/mol. The third-order valence-corrected chi connectivity index (χ3v) is 4.33. The van der Waals surface area contributed by atoms with Crippen molar-refractivity contribution in [2.75, 3.05) is 13.2 Å². The lowest BCUT2D eigenvalue weighted by atomic mass is 9.98.